The van der Waals surface area contributed by atoms with E-state index in [1.54, 1.807) is 0 Å². The maximum Gasteiger partial charge on any atom is 0.341 e. The summed E-state index contributed by atoms with van der Waals surface area (Å²) in [5, 5.41) is 9.67. The Morgan fingerprint density at radius 3 is 2.79 bits per heavy atom. The molecule has 2 aromatic carbocycles. The molecule has 3 aromatic rings. The Hall–Kier alpha value is -2.71. The predicted octanol–water partition coefficient (Wildman–Crippen LogP) is 3.75. The van der Waals surface area contributed by atoms with Crippen molar-refractivity contribution in [2.24, 2.45) is 0 Å². The summed E-state index contributed by atoms with van der Waals surface area (Å²) in [7, 11) is 0. The molecule has 4 rings (SSSR count). The van der Waals surface area contributed by atoms with Crippen molar-refractivity contribution in [3.63, 3.8) is 0 Å². The van der Waals surface area contributed by atoms with E-state index in [-0.39, 0.29) is 28.8 Å². The van der Waals surface area contributed by atoms with Crippen LogP contribution in [0.2, 0.25) is 0 Å². The van der Waals surface area contributed by atoms with Gasteiger partial charge in [0.05, 0.1) is 29.2 Å². The number of hydrogen-bond donors (Lipinski definition) is 1. The Labute approximate surface area is 167 Å². The van der Waals surface area contributed by atoms with Gasteiger partial charge in [-0.1, -0.05) is 30.3 Å². The zero-order chi connectivity index (χ0) is 19.8. The molecule has 0 amide bonds. The molecule has 8 heteroatoms. The maximum absolute atomic E-state index is 14.2. The minimum atomic E-state index is -1.36. The summed E-state index contributed by atoms with van der Waals surface area (Å²) in [6.07, 6.45) is 0. The van der Waals surface area contributed by atoms with E-state index in [9.17, 15) is 19.1 Å². The third kappa shape index (κ3) is 3.18. The molecule has 144 valence electrons. The number of carboxylic acids is 1. The third-order valence-electron chi connectivity index (χ3n) is 4.61. The van der Waals surface area contributed by atoms with Crippen molar-refractivity contribution in [1.82, 2.24) is 4.57 Å². The lowest BCUT2D eigenvalue weighted by atomic mass is 10.1. The summed E-state index contributed by atoms with van der Waals surface area (Å²) in [5.74, 6) is -1.78. The fourth-order valence-electron chi connectivity index (χ4n) is 3.32. The predicted molar refractivity (Wildman–Crippen MR) is 103 cm³/mol. The number of rotatable bonds is 5. The number of carboxylic acid groups (broad SMARTS) is 1. The highest BCUT2D eigenvalue weighted by molar-refractivity contribution is 9.10. The number of nitrogens with zero attached hydrogens (tertiary/aromatic N) is 1. The van der Waals surface area contributed by atoms with Crippen molar-refractivity contribution >= 4 is 32.8 Å². The van der Waals surface area contributed by atoms with Crippen LogP contribution < -0.4 is 10.3 Å². The Morgan fingerprint density at radius 1 is 1.32 bits per heavy atom. The van der Waals surface area contributed by atoms with Gasteiger partial charge in [-0.05, 0) is 33.6 Å². The molecule has 0 spiro atoms. The summed E-state index contributed by atoms with van der Waals surface area (Å²) >= 11 is 3.14. The number of aromatic nitrogens is 1. The van der Waals surface area contributed by atoms with Gasteiger partial charge in [-0.25, -0.2) is 9.18 Å². The van der Waals surface area contributed by atoms with E-state index < -0.39 is 29.0 Å². The summed E-state index contributed by atoms with van der Waals surface area (Å²) < 4.78 is 27.1. The lowest BCUT2D eigenvalue weighted by Crippen LogP contribution is -2.37. The fourth-order valence-corrected chi connectivity index (χ4v) is 3.73. The molecular formula is C20H15BrFNO5. The molecule has 2 heterocycles. The first-order valence-electron chi connectivity index (χ1n) is 8.52. The smallest absolute Gasteiger partial charge is 0.341 e. The zero-order valence-corrected chi connectivity index (χ0v) is 16.1. The van der Waals surface area contributed by atoms with Gasteiger partial charge in [0.15, 0.2) is 5.75 Å². The molecule has 1 aliphatic rings. The fraction of sp³-hybridized carbons (Fsp3) is 0.200. The van der Waals surface area contributed by atoms with Crippen molar-refractivity contribution < 1.29 is 23.8 Å². The van der Waals surface area contributed by atoms with E-state index >= 15 is 0 Å². The summed E-state index contributed by atoms with van der Waals surface area (Å²) in [6, 6.07) is 11.4. The lowest BCUT2D eigenvalue weighted by molar-refractivity contribution is 0.0649. The van der Waals surface area contributed by atoms with E-state index in [0.29, 0.717) is 12.1 Å². The minimum Gasteiger partial charge on any atom is -0.488 e. The van der Waals surface area contributed by atoms with E-state index in [2.05, 4.69) is 15.9 Å². The highest BCUT2D eigenvalue weighted by Crippen LogP contribution is 2.39. The summed E-state index contributed by atoms with van der Waals surface area (Å²) in [5.41, 5.74) is 0.232. The van der Waals surface area contributed by atoms with Crippen LogP contribution in [0.25, 0.3) is 10.9 Å². The van der Waals surface area contributed by atoms with E-state index in [1.165, 1.54) is 16.7 Å². The average Bonchev–Trinajstić information content (AvgIpc) is 2.69. The van der Waals surface area contributed by atoms with Crippen molar-refractivity contribution in [3.8, 4) is 5.75 Å². The van der Waals surface area contributed by atoms with Crippen molar-refractivity contribution in [2.75, 3.05) is 13.2 Å². The maximum atomic E-state index is 14.2. The van der Waals surface area contributed by atoms with E-state index in [0.717, 1.165) is 5.56 Å². The Kier molecular flexibility index (Phi) is 4.91. The van der Waals surface area contributed by atoms with E-state index in [1.807, 2.05) is 30.3 Å². The highest BCUT2D eigenvalue weighted by atomic mass is 79.9. The molecule has 0 saturated heterocycles. The van der Waals surface area contributed by atoms with Gasteiger partial charge in [-0.3, -0.25) is 9.36 Å². The Morgan fingerprint density at radius 2 is 2.07 bits per heavy atom. The normalized spacial score (nSPS) is 15.4. The molecule has 0 radical (unpaired) electrons. The quantitative estimate of drug-likeness (QED) is 0.644. The van der Waals surface area contributed by atoms with Crippen LogP contribution in [0.4, 0.5) is 4.39 Å². The van der Waals surface area contributed by atoms with Crippen LogP contribution in [-0.4, -0.2) is 28.9 Å². The largest absolute Gasteiger partial charge is 0.488 e. The minimum absolute atomic E-state index is 0.0575. The van der Waals surface area contributed by atoms with Gasteiger partial charge in [0, 0.05) is 5.39 Å². The molecule has 0 bridgehead atoms. The van der Waals surface area contributed by atoms with Gasteiger partial charge in [0.1, 0.15) is 18.0 Å². The molecule has 28 heavy (non-hydrogen) atoms. The first-order chi connectivity index (χ1) is 13.5. The monoisotopic (exact) mass is 447 g/mol. The molecule has 1 aliphatic heterocycles. The first kappa shape index (κ1) is 18.6. The molecular weight excluding hydrogens is 433 g/mol. The lowest BCUT2D eigenvalue weighted by Gasteiger charge is -2.29. The molecule has 0 fully saturated rings. The summed E-state index contributed by atoms with van der Waals surface area (Å²) in [6.45, 7) is 0.539. The van der Waals surface area contributed by atoms with Gasteiger partial charge in [0.2, 0.25) is 0 Å². The van der Waals surface area contributed by atoms with Gasteiger partial charge in [0.25, 0.3) is 5.56 Å². The van der Waals surface area contributed by atoms with Crippen molar-refractivity contribution in [1.29, 1.82) is 0 Å². The second-order valence-electron chi connectivity index (χ2n) is 6.44. The van der Waals surface area contributed by atoms with Crippen molar-refractivity contribution in [2.45, 2.75) is 12.6 Å². The topological polar surface area (TPSA) is 77.8 Å². The Bertz CT molecular complexity index is 1130. The number of aromatic carboxylic acids is 1. The zero-order valence-electron chi connectivity index (χ0n) is 14.5. The average molecular weight is 448 g/mol. The van der Waals surface area contributed by atoms with Crippen LogP contribution in [0.1, 0.15) is 22.0 Å². The van der Waals surface area contributed by atoms with Crippen LogP contribution >= 0.6 is 15.9 Å². The standard InChI is InChI=1S/C20H15BrFNO5/c21-16-15(22)7-12-6-14(20(25)26)19(24)23-13(10-28-18(16)17(12)23)9-27-8-11-4-2-1-3-5-11/h1-7,13H,8-10H2,(H,25,26)/t13-/m0/s1. The van der Waals surface area contributed by atoms with Gasteiger partial charge < -0.3 is 14.6 Å². The molecule has 6 nitrogen and oxygen atoms in total. The number of carbonyl (C=O) groups is 1. The molecule has 0 unspecified atom stereocenters. The third-order valence-corrected chi connectivity index (χ3v) is 5.35. The van der Waals surface area contributed by atoms with Crippen LogP contribution in [0.15, 0.2) is 51.7 Å². The second-order valence-corrected chi connectivity index (χ2v) is 7.24. The molecule has 1 aromatic heterocycles. The molecule has 1 atom stereocenters. The van der Waals surface area contributed by atoms with Crippen LogP contribution in [-0.2, 0) is 11.3 Å². The first-order valence-corrected chi connectivity index (χ1v) is 9.31. The van der Waals surface area contributed by atoms with Crippen molar-refractivity contribution in [3.05, 3.63) is 74.2 Å². The number of halogens is 2. The second kappa shape index (κ2) is 7.37. The molecule has 0 aliphatic carbocycles. The van der Waals surface area contributed by atoms with Gasteiger partial charge in [-0.2, -0.15) is 0 Å². The molecule has 0 saturated carbocycles. The number of ether oxygens (including phenoxy) is 2. The van der Waals surface area contributed by atoms with Crippen LogP contribution in [0.5, 0.6) is 5.75 Å². The number of pyridine rings is 1. The molecule has 1 N–H and O–H groups in total. The Balaban J connectivity index is 1.76. The van der Waals surface area contributed by atoms with E-state index in [4.69, 9.17) is 9.47 Å². The van der Waals surface area contributed by atoms with Crippen LogP contribution in [0.3, 0.4) is 0 Å². The number of benzene rings is 2. The van der Waals surface area contributed by atoms with Gasteiger partial charge >= 0.3 is 5.97 Å². The van der Waals surface area contributed by atoms with Crippen LogP contribution in [0, 0.1) is 5.82 Å². The SMILES string of the molecule is O=C(O)c1cc2cc(F)c(Br)c3c2n(c1=O)[C@@H](COCc1ccccc1)CO3. The van der Waals surface area contributed by atoms with Gasteiger partial charge in [-0.15, -0.1) is 0 Å². The number of hydrogen-bond acceptors (Lipinski definition) is 4. The highest BCUT2D eigenvalue weighted by Gasteiger charge is 2.29. The summed E-state index contributed by atoms with van der Waals surface area (Å²) in [4.78, 5) is 24.4.